The fraction of sp³-hybridized carbons (Fsp3) is 0.364. The standard InChI is InChI=1S/C22H25N3O4/c1-3-20-24-22(29-25-20)17-6-4-15(5-7-17)8-9-23-14-16-12-18(26-2)21-19(13-16)27-10-11-28-21/h4-7,12-13,23H,3,8-11,14H2,1-2H3. The van der Waals surface area contributed by atoms with Gasteiger partial charge < -0.3 is 24.1 Å². The molecule has 1 aliphatic heterocycles. The monoisotopic (exact) mass is 395 g/mol. The maximum absolute atomic E-state index is 5.69. The van der Waals surface area contributed by atoms with Crippen molar-refractivity contribution < 1.29 is 18.7 Å². The number of hydrogen-bond acceptors (Lipinski definition) is 7. The largest absolute Gasteiger partial charge is 0.493 e. The van der Waals surface area contributed by atoms with E-state index in [1.807, 2.05) is 31.2 Å². The van der Waals surface area contributed by atoms with Crippen LogP contribution in [0.3, 0.4) is 0 Å². The van der Waals surface area contributed by atoms with Gasteiger partial charge in [-0.3, -0.25) is 0 Å². The lowest BCUT2D eigenvalue weighted by molar-refractivity contribution is 0.165. The van der Waals surface area contributed by atoms with Crippen molar-refractivity contribution >= 4 is 0 Å². The highest BCUT2D eigenvalue weighted by molar-refractivity contribution is 5.55. The van der Waals surface area contributed by atoms with E-state index >= 15 is 0 Å². The van der Waals surface area contributed by atoms with Crippen LogP contribution in [-0.2, 0) is 19.4 Å². The van der Waals surface area contributed by atoms with Gasteiger partial charge in [0, 0.05) is 18.5 Å². The van der Waals surface area contributed by atoms with Crippen LogP contribution in [0.5, 0.6) is 17.2 Å². The van der Waals surface area contributed by atoms with Crippen molar-refractivity contribution in [3.05, 3.63) is 53.3 Å². The highest BCUT2D eigenvalue weighted by Gasteiger charge is 2.18. The van der Waals surface area contributed by atoms with E-state index in [4.69, 9.17) is 18.7 Å². The van der Waals surface area contributed by atoms with E-state index in [9.17, 15) is 0 Å². The van der Waals surface area contributed by atoms with Gasteiger partial charge >= 0.3 is 0 Å². The highest BCUT2D eigenvalue weighted by atomic mass is 16.6. The first kappa shape index (κ1) is 19.3. The molecule has 2 heterocycles. The third-order valence-electron chi connectivity index (χ3n) is 4.79. The van der Waals surface area contributed by atoms with E-state index in [-0.39, 0.29) is 0 Å². The third-order valence-corrected chi connectivity index (χ3v) is 4.79. The fourth-order valence-corrected chi connectivity index (χ4v) is 3.22. The van der Waals surface area contributed by atoms with Crippen LogP contribution >= 0.6 is 0 Å². The van der Waals surface area contributed by atoms with E-state index in [1.165, 1.54) is 5.56 Å². The number of aromatic nitrogens is 2. The van der Waals surface area contributed by atoms with Crippen molar-refractivity contribution in [2.24, 2.45) is 0 Å². The molecule has 0 amide bonds. The third kappa shape index (κ3) is 4.51. The first-order valence-corrected chi connectivity index (χ1v) is 9.86. The smallest absolute Gasteiger partial charge is 0.257 e. The summed E-state index contributed by atoms with van der Waals surface area (Å²) in [6.07, 6.45) is 1.69. The molecule has 3 aromatic rings. The first-order valence-electron chi connectivity index (χ1n) is 9.86. The molecule has 152 valence electrons. The number of ether oxygens (including phenoxy) is 3. The minimum absolute atomic E-state index is 0.548. The summed E-state index contributed by atoms with van der Waals surface area (Å²) in [7, 11) is 1.64. The minimum atomic E-state index is 0.548. The summed E-state index contributed by atoms with van der Waals surface area (Å²) in [5, 5.41) is 7.41. The Morgan fingerprint density at radius 2 is 1.90 bits per heavy atom. The number of methoxy groups -OCH3 is 1. The van der Waals surface area contributed by atoms with Crippen LogP contribution in [0.1, 0.15) is 23.9 Å². The van der Waals surface area contributed by atoms with Crippen LogP contribution in [0.2, 0.25) is 0 Å². The van der Waals surface area contributed by atoms with Crippen LogP contribution in [0, 0.1) is 0 Å². The molecular weight excluding hydrogens is 370 g/mol. The molecule has 0 bridgehead atoms. The molecule has 29 heavy (non-hydrogen) atoms. The zero-order valence-corrected chi connectivity index (χ0v) is 16.7. The zero-order chi connectivity index (χ0) is 20.1. The lowest BCUT2D eigenvalue weighted by Gasteiger charge is -2.21. The van der Waals surface area contributed by atoms with Gasteiger partial charge in [-0.25, -0.2) is 0 Å². The lowest BCUT2D eigenvalue weighted by atomic mass is 10.1. The molecule has 0 radical (unpaired) electrons. The Morgan fingerprint density at radius 1 is 1.07 bits per heavy atom. The fourth-order valence-electron chi connectivity index (χ4n) is 3.22. The summed E-state index contributed by atoms with van der Waals surface area (Å²) in [6, 6.07) is 12.2. The van der Waals surface area contributed by atoms with Crippen molar-refractivity contribution in [3.63, 3.8) is 0 Å². The number of nitrogens with zero attached hydrogens (tertiary/aromatic N) is 2. The summed E-state index contributed by atoms with van der Waals surface area (Å²) in [4.78, 5) is 4.36. The van der Waals surface area contributed by atoms with Crippen LogP contribution in [0.15, 0.2) is 40.9 Å². The quantitative estimate of drug-likeness (QED) is 0.586. The molecule has 1 aromatic heterocycles. The number of fused-ring (bicyclic) bond motifs is 1. The van der Waals surface area contributed by atoms with Crippen molar-refractivity contribution in [2.75, 3.05) is 26.9 Å². The Balaban J connectivity index is 1.30. The van der Waals surface area contributed by atoms with Gasteiger partial charge in [-0.15, -0.1) is 0 Å². The molecule has 0 atom stereocenters. The molecule has 4 rings (SSSR count). The van der Waals surface area contributed by atoms with E-state index in [2.05, 4.69) is 27.6 Å². The molecular formula is C22H25N3O4. The Hall–Kier alpha value is -3.06. The van der Waals surface area contributed by atoms with Gasteiger partial charge in [0.1, 0.15) is 13.2 Å². The zero-order valence-electron chi connectivity index (χ0n) is 16.7. The van der Waals surface area contributed by atoms with Gasteiger partial charge in [0.25, 0.3) is 5.89 Å². The van der Waals surface area contributed by atoms with E-state index in [1.54, 1.807) is 7.11 Å². The molecule has 0 aliphatic carbocycles. The maximum atomic E-state index is 5.69. The molecule has 7 heteroatoms. The molecule has 0 saturated heterocycles. The second kappa shape index (κ2) is 8.96. The summed E-state index contributed by atoms with van der Waals surface area (Å²) < 4.78 is 22.1. The topological polar surface area (TPSA) is 78.6 Å². The van der Waals surface area contributed by atoms with E-state index in [0.29, 0.717) is 30.6 Å². The van der Waals surface area contributed by atoms with E-state index < -0.39 is 0 Å². The van der Waals surface area contributed by atoms with Crippen LogP contribution in [-0.4, -0.2) is 37.0 Å². The second-order valence-electron chi connectivity index (χ2n) is 6.82. The predicted molar refractivity (Wildman–Crippen MR) is 109 cm³/mol. The Labute approximate surface area is 170 Å². The lowest BCUT2D eigenvalue weighted by Crippen LogP contribution is -2.19. The molecule has 2 aromatic carbocycles. The van der Waals surface area contributed by atoms with Gasteiger partial charge in [-0.05, 0) is 48.4 Å². The number of rotatable bonds is 8. The first-order chi connectivity index (χ1) is 14.3. The Bertz CT molecular complexity index is 936. The maximum Gasteiger partial charge on any atom is 0.257 e. The van der Waals surface area contributed by atoms with Gasteiger partial charge in [-0.2, -0.15) is 4.98 Å². The predicted octanol–water partition coefficient (Wildman–Crippen LogP) is 3.41. The van der Waals surface area contributed by atoms with E-state index in [0.717, 1.165) is 48.6 Å². The molecule has 0 fully saturated rings. The van der Waals surface area contributed by atoms with Crippen LogP contribution < -0.4 is 19.5 Å². The average Bonchev–Trinajstić information content (AvgIpc) is 3.26. The highest BCUT2D eigenvalue weighted by Crippen LogP contribution is 2.40. The van der Waals surface area contributed by atoms with Crippen molar-refractivity contribution in [2.45, 2.75) is 26.3 Å². The Kier molecular flexibility index (Phi) is 5.95. The minimum Gasteiger partial charge on any atom is -0.493 e. The van der Waals surface area contributed by atoms with Gasteiger partial charge in [0.15, 0.2) is 17.3 Å². The molecule has 7 nitrogen and oxygen atoms in total. The summed E-state index contributed by atoms with van der Waals surface area (Å²) >= 11 is 0. The van der Waals surface area contributed by atoms with Gasteiger partial charge in [0.2, 0.25) is 5.75 Å². The van der Waals surface area contributed by atoms with Crippen LogP contribution in [0.25, 0.3) is 11.5 Å². The summed E-state index contributed by atoms with van der Waals surface area (Å²) in [6.45, 7) is 4.70. The van der Waals surface area contributed by atoms with Gasteiger partial charge in [0.05, 0.1) is 7.11 Å². The molecule has 0 unspecified atom stereocenters. The normalized spacial score (nSPS) is 12.8. The molecule has 1 N–H and O–H groups in total. The number of aryl methyl sites for hydroxylation is 1. The number of hydrogen-bond donors (Lipinski definition) is 1. The van der Waals surface area contributed by atoms with Crippen molar-refractivity contribution in [1.29, 1.82) is 0 Å². The number of nitrogens with one attached hydrogen (secondary N) is 1. The Morgan fingerprint density at radius 3 is 2.66 bits per heavy atom. The SMILES string of the molecule is CCc1noc(-c2ccc(CCNCc3cc(OC)c4c(c3)OCCO4)cc2)n1. The summed E-state index contributed by atoms with van der Waals surface area (Å²) in [5.74, 6) is 3.44. The van der Waals surface area contributed by atoms with Crippen molar-refractivity contribution in [1.82, 2.24) is 15.5 Å². The molecule has 0 saturated carbocycles. The second-order valence-corrected chi connectivity index (χ2v) is 6.82. The van der Waals surface area contributed by atoms with Crippen molar-refractivity contribution in [3.8, 4) is 28.7 Å². The molecule has 0 spiro atoms. The molecule has 1 aliphatic rings. The average molecular weight is 395 g/mol. The number of benzene rings is 2. The van der Waals surface area contributed by atoms with Crippen LogP contribution in [0.4, 0.5) is 0 Å². The van der Waals surface area contributed by atoms with Gasteiger partial charge in [-0.1, -0.05) is 24.2 Å². The summed E-state index contributed by atoms with van der Waals surface area (Å²) in [5.41, 5.74) is 3.29.